The van der Waals surface area contributed by atoms with Crippen molar-refractivity contribution in [2.75, 3.05) is 26.1 Å². The summed E-state index contributed by atoms with van der Waals surface area (Å²) in [6.45, 7) is 0.992. The highest BCUT2D eigenvalue weighted by Gasteiger charge is 2.25. The molecule has 0 saturated carbocycles. The molecule has 1 aliphatic rings. The van der Waals surface area contributed by atoms with Crippen molar-refractivity contribution in [1.29, 1.82) is 0 Å². The number of carbonyl (C=O) groups is 1. The van der Waals surface area contributed by atoms with Crippen molar-refractivity contribution >= 4 is 11.8 Å². The smallest absolute Gasteiger partial charge is 0.303 e. The van der Waals surface area contributed by atoms with Gasteiger partial charge < -0.3 is 25.1 Å². The summed E-state index contributed by atoms with van der Waals surface area (Å²) in [6, 6.07) is 1.69. The second-order valence-corrected chi connectivity index (χ2v) is 4.09. The molecule has 0 unspecified atom stereocenters. The first-order chi connectivity index (χ1) is 9.11. The molecule has 0 spiro atoms. The van der Waals surface area contributed by atoms with Crippen LogP contribution in [-0.4, -0.2) is 36.4 Å². The molecule has 2 heterocycles. The van der Waals surface area contributed by atoms with Crippen molar-refractivity contribution in [3.05, 3.63) is 17.3 Å². The monoisotopic (exact) mass is 268 g/mol. The van der Waals surface area contributed by atoms with Crippen LogP contribution in [0.15, 0.2) is 6.07 Å². The van der Waals surface area contributed by atoms with E-state index in [1.54, 1.807) is 6.07 Å². The lowest BCUT2D eigenvalue weighted by Crippen LogP contribution is -2.09. The van der Waals surface area contributed by atoms with E-state index in [1.807, 2.05) is 0 Å². The molecule has 7 nitrogen and oxygen atoms in total. The minimum atomic E-state index is -0.884. The molecule has 0 aliphatic carbocycles. The van der Waals surface area contributed by atoms with Crippen LogP contribution in [0.25, 0.3) is 0 Å². The number of methoxy groups -OCH3 is 1. The summed E-state index contributed by atoms with van der Waals surface area (Å²) in [6.07, 6.45) is -0.284. The number of nitrogen functional groups attached to an aromatic ring is 1. The molecular formula is C12H16N2O5. The lowest BCUT2D eigenvalue weighted by atomic mass is 10.1. The summed E-state index contributed by atoms with van der Waals surface area (Å²) >= 11 is 0. The minimum Gasteiger partial charge on any atom is -0.495 e. The maximum atomic E-state index is 10.6. The fourth-order valence-corrected chi connectivity index (χ4v) is 1.85. The second kappa shape index (κ2) is 5.85. The largest absolute Gasteiger partial charge is 0.495 e. The van der Waals surface area contributed by atoms with Crippen LogP contribution in [0.5, 0.6) is 5.75 Å². The Kier molecular flexibility index (Phi) is 4.18. The number of aliphatic carboxylic acids is 1. The number of nitrogens with zero attached hydrogens (tertiary/aromatic N) is 1. The Morgan fingerprint density at radius 3 is 2.84 bits per heavy atom. The van der Waals surface area contributed by atoms with Crippen molar-refractivity contribution in [3.63, 3.8) is 0 Å². The van der Waals surface area contributed by atoms with E-state index in [0.29, 0.717) is 36.6 Å². The van der Waals surface area contributed by atoms with Gasteiger partial charge in [-0.05, 0) is 18.1 Å². The van der Waals surface area contributed by atoms with Gasteiger partial charge in [-0.1, -0.05) is 0 Å². The molecule has 7 heteroatoms. The first-order valence-electron chi connectivity index (χ1n) is 5.90. The number of aryl methyl sites for hydroxylation is 1. The van der Waals surface area contributed by atoms with E-state index in [4.69, 9.17) is 25.1 Å². The Hall–Kier alpha value is -1.86. The van der Waals surface area contributed by atoms with E-state index in [1.165, 1.54) is 7.11 Å². The summed E-state index contributed by atoms with van der Waals surface area (Å²) in [5.41, 5.74) is 6.95. The Labute approximate surface area is 110 Å². The SMILES string of the molecule is COc1cc(CCC(=O)O)c(N)nc1C1OCCO1. The molecule has 1 saturated heterocycles. The van der Waals surface area contributed by atoms with Crippen LogP contribution in [0.3, 0.4) is 0 Å². The number of pyridine rings is 1. The predicted octanol–water partition coefficient (Wildman–Crippen LogP) is 0.735. The number of anilines is 1. The van der Waals surface area contributed by atoms with Gasteiger partial charge in [-0.15, -0.1) is 0 Å². The van der Waals surface area contributed by atoms with E-state index in [0.717, 1.165) is 0 Å². The van der Waals surface area contributed by atoms with Crippen molar-refractivity contribution in [2.24, 2.45) is 0 Å². The van der Waals surface area contributed by atoms with E-state index in [-0.39, 0.29) is 12.2 Å². The quantitative estimate of drug-likeness (QED) is 0.811. The van der Waals surface area contributed by atoms with Gasteiger partial charge in [0.1, 0.15) is 17.3 Å². The van der Waals surface area contributed by atoms with Gasteiger partial charge in [-0.2, -0.15) is 0 Å². The highest BCUT2D eigenvalue weighted by atomic mass is 16.7. The van der Waals surface area contributed by atoms with E-state index in [2.05, 4.69) is 4.98 Å². The molecule has 104 valence electrons. The van der Waals surface area contributed by atoms with Gasteiger partial charge in [-0.25, -0.2) is 4.98 Å². The van der Waals surface area contributed by atoms with Gasteiger partial charge in [0.05, 0.1) is 20.3 Å². The van der Waals surface area contributed by atoms with E-state index < -0.39 is 12.3 Å². The highest BCUT2D eigenvalue weighted by molar-refractivity contribution is 5.67. The molecule has 0 atom stereocenters. The maximum Gasteiger partial charge on any atom is 0.303 e. The third-order valence-electron chi connectivity index (χ3n) is 2.80. The van der Waals surface area contributed by atoms with Crippen LogP contribution in [0.4, 0.5) is 5.82 Å². The van der Waals surface area contributed by atoms with Crippen molar-refractivity contribution in [1.82, 2.24) is 4.98 Å². The fourth-order valence-electron chi connectivity index (χ4n) is 1.85. The molecule has 0 radical (unpaired) electrons. The van der Waals surface area contributed by atoms with E-state index >= 15 is 0 Å². The van der Waals surface area contributed by atoms with Gasteiger partial charge >= 0.3 is 5.97 Å². The normalized spacial score (nSPS) is 15.6. The van der Waals surface area contributed by atoms with Gasteiger partial charge in [0.2, 0.25) is 6.29 Å². The number of ether oxygens (including phenoxy) is 3. The lowest BCUT2D eigenvalue weighted by molar-refractivity contribution is -0.136. The van der Waals surface area contributed by atoms with Crippen LogP contribution < -0.4 is 10.5 Å². The standard InChI is InChI=1S/C12H16N2O5/c1-17-8-6-7(2-3-9(15)16)11(13)14-10(8)12-18-4-5-19-12/h6,12H,2-5H2,1H3,(H2,13,14)(H,15,16). The number of aromatic nitrogens is 1. The van der Waals surface area contributed by atoms with Crippen LogP contribution in [-0.2, 0) is 20.7 Å². The van der Waals surface area contributed by atoms with Gasteiger partial charge in [0.25, 0.3) is 0 Å². The summed E-state index contributed by atoms with van der Waals surface area (Å²) < 4.78 is 16.0. The molecular weight excluding hydrogens is 252 g/mol. The number of rotatable bonds is 5. The molecule has 1 aromatic heterocycles. The Balaban J connectivity index is 2.25. The zero-order valence-corrected chi connectivity index (χ0v) is 10.6. The average molecular weight is 268 g/mol. The maximum absolute atomic E-state index is 10.6. The lowest BCUT2D eigenvalue weighted by Gasteiger charge is -2.15. The number of hydrogen-bond donors (Lipinski definition) is 2. The first-order valence-corrected chi connectivity index (χ1v) is 5.90. The third kappa shape index (κ3) is 3.12. The second-order valence-electron chi connectivity index (χ2n) is 4.09. The predicted molar refractivity (Wildman–Crippen MR) is 65.8 cm³/mol. The first kappa shape index (κ1) is 13.6. The topological polar surface area (TPSA) is 104 Å². The number of carboxylic acids is 1. The number of hydrogen-bond acceptors (Lipinski definition) is 6. The summed E-state index contributed by atoms with van der Waals surface area (Å²) in [4.78, 5) is 14.8. The summed E-state index contributed by atoms with van der Waals surface area (Å²) in [5, 5.41) is 8.69. The van der Waals surface area contributed by atoms with Crippen molar-refractivity contribution in [2.45, 2.75) is 19.1 Å². The number of carboxylic acid groups (broad SMARTS) is 1. The third-order valence-corrected chi connectivity index (χ3v) is 2.80. The minimum absolute atomic E-state index is 0.00912. The molecule has 3 N–H and O–H groups in total. The van der Waals surface area contributed by atoms with Gasteiger partial charge in [0, 0.05) is 6.42 Å². The highest BCUT2D eigenvalue weighted by Crippen LogP contribution is 2.32. The number of nitrogens with two attached hydrogens (primary N) is 1. The van der Waals surface area contributed by atoms with Crippen LogP contribution >= 0.6 is 0 Å². The average Bonchev–Trinajstić information content (AvgIpc) is 2.90. The van der Waals surface area contributed by atoms with Crippen molar-refractivity contribution < 1.29 is 24.1 Å². The molecule has 1 fully saturated rings. The van der Waals surface area contributed by atoms with Crippen LogP contribution in [0.1, 0.15) is 24.0 Å². The summed E-state index contributed by atoms with van der Waals surface area (Å²) in [5.74, 6) is -0.123. The molecule has 2 rings (SSSR count). The Morgan fingerprint density at radius 1 is 1.58 bits per heavy atom. The molecule has 0 aromatic carbocycles. The van der Waals surface area contributed by atoms with Crippen LogP contribution in [0.2, 0.25) is 0 Å². The van der Waals surface area contributed by atoms with Crippen LogP contribution in [0, 0.1) is 0 Å². The Morgan fingerprint density at radius 2 is 2.26 bits per heavy atom. The Bertz CT molecular complexity index is 471. The van der Waals surface area contributed by atoms with E-state index in [9.17, 15) is 4.79 Å². The fraction of sp³-hybridized carbons (Fsp3) is 0.500. The van der Waals surface area contributed by atoms with Gasteiger partial charge in [-0.3, -0.25) is 4.79 Å². The van der Waals surface area contributed by atoms with Gasteiger partial charge in [0.15, 0.2) is 0 Å². The molecule has 1 aromatic rings. The summed E-state index contributed by atoms with van der Waals surface area (Å²) in [7, 11) is 1.51. The zero-order chi connectivity index (χ0) is 13.8. The zero-order valence-electron chi connectivity index (χ0n) is 10.6. The molecule has 0 bridgehead atoms. The molecule has 1 aliphatic heterocycles. The molecule has 19 heavy (non-hydrogen) atoms. The molecule has 0 amide bonds. The van der Waals surface area contributed by atoms with Crippen molar-refractivity contribution in [3.8, 4) is 5.75 Å².